The van der Waals surface area contributed by atoms with E-state index in [2.05, 4.69) is 32.6 Å². The number of carbonyl (C=O) groups excluding carboxylic acids is 1. The molecule has 82 valence electrons. The molecule has 0 atom stereocenters. The van der Waals surface area contributed by atoms with Gasteiger partial charge in [-0.1, -0.05) is 15.9 Å². The summed E-state index contributed by atoms with van der Waals surface area (Å²) in [5.74, 6) is -0.00670. The summed E-state index contributed by atoms with van der Waals surface area (Å²) in [6.45, 7) is 1.43. The summed E-state index contributed by atoms with van der Waals surface area (Å²) >= 11 is 3.28. The van der Waals surface area contributed by atoms with E-state index in [4.69, 9.17) is 5.26 Å². The minimum Gasteiger partial charge on any atom is -0.325 e. The van der Waals surface area contributed by atoms with Crippen molar-refractivity contribution >= 4 is 27.5 Å². The Kier molecular flexibility index (Phi) is 3.22. The summed E-state index contributed by atoms with van der Waals surface area (Å²) in [4.78, 5) is 11.7. The van der Waals surface area contributed by atoms with E-state index in [1.165, 1.54) is 0 Å². The molecule has 1 aliphatic rings. The lowest BCUT2D eigenvalue weighted by molar-refractivity contribution is -0.121. The smallest absolute Gasteiger partial charge is 0.230 e. The van der Waals surface area contributed by atoms with Crippen molar-refractivity contribution in [2.45, 2.75) is 0 Å². The van der Waals surface area contributed by atoms with E-state index in [1.807, 2.05) is 0 Å². The van der Waals surface area contributed by atoms with Crippen LogP contribution in [0, 0.1) is 17.2 Å². The fraction of sp³-hybridized carbons (Fsp3) is 0.273. The van der Waals surface area contributed by atoms with Crippen LogP contribution >= 0.6 is 15.9 Å². The number of nitriles is 1. The average Bonchev–Trinajstić information content (AvgIpc) is 2.18. The second-order valence-corrected chi connectivity index (χ2v) is 4.56. The monoisotopic (exact) mass is 279 g/mol. The highest BCUT2D eigenvalue weighted by Gasteiger charge is 2.25. The van der Waals surface area contributed by atoms with Crippen LogP contribution in [0.5, 0.6) is 0 Å². The first-order valence-electron chi connectivity index (χ1n) is 4.92. The van der Waals surface area contributed by atoms with Crippen molar-refractivity contribution in [3.63, 3.8) is 0 Å². The van der Waals surface area contributed by atoms with Crippen molar-refractivity contribution in [2.75, 3.05) is 18.4 Å². The molecule has 4 nitrogen and oxygen atoms in total. The van der Waals surface area contributed by atoms with Crippen molar-refractivity contribution in [3.8, 4) is 6.07 Å². The summed E-state index contributed by atoms with van der Waals surface area (Å²) < 4.78 is 0.826. The van der Waals surface area contributed by atoms with Crippen LogP contribution in [0.25, 0.3) is 0 Å². The van der Waals surface area contributed by atoms with Crippen LogP contribution in [0.3, 0.4) is 0 Å². The first-order valence-corrected chi connectivity index (χ1v) is 5.71. The van der Waals surface area contributed by atoms with Crippen LogP contribution < -0.4 is 10.6 Å². The predicted octanol–water partition coefficient (Wildman–Crippen LogP) is 1.48. The lowest BCUT2D eigenvalue weighted by Gasteiger charge is -2.25. The predicted molar refractivity (Wildman–Crippen MR) is 63.8 cm³/mol. The van der Waals surface area contributed by atoms with Gasteiger partial charge in [-0.25, -0.2) is 0 Å². The maximum Gasteiger partial charge on any atom is 0.230 e. The number of carbonyl (C=O) groups is 1. The van der Waals surface area contributed by atoms with Gasteiger partial charge in [-0.3, -0.25) is 4.79 Å². The molecule has 0 aromatic heterocycles. The summed E-state index contributed by atoms with van der Waals surface area (Å²) in [5.41, 5.74) is 1.04. The van der Waals surface area contributed by atoms with Crippen LogP contribution in [0.4, 0.5) is 5.69 Å². The number of anilines is 1. The topological polar surface area (TPSA) is 64.9 Å². The van der Waals surface area contributed by atoms with Gasteiger partial charge in [0.1, 0.15) is 6.07 Å². The highest BCUT2D eigenvalue weighted by molar-refractivity contribution is 9.10. The molecule has 2 N–H and O–H groups in total. The molecule has 1 fully saturated rings. The largest absolute Gasteiger partial charge is 0.325 e. The molecule has 5 heteroatoms. The number of halogens is 1. The SMILES string of the molecule is N#Cc1cc(Br)ccc1NC(=O)C1CNC1. The van der Waals surface area contributed by atoms with Crippen LogP contribution in [-0.2, 0) is 4.79 Å². The van der Waals surface area contributed by atoms with Crippen LogP contribution in [0.2, 0.25) is 0 Å². The molecular formula is C11H10BrN3O. The fourth-order valence-corrected chi connectivity index (χ4v) is 1.79. The number of amides is 1. The van der Waals surface area contributed by atoms with Gasteiger partial charge in [0, 0.05) is 17.6 Å². The molecule has 0 spiro atoms. The Morgan fingerprint density at radius 1 is 1.56 bits per heavy atom. The molecule has 0 unspecified atom stereocenters. The Balaban J connectivity index is 2.14. The molecule has 1 aromatic rings. The first-order chi connectivity index (χ1) is 7.70. The molecule has 1 aliphatic heterocycles. The third-order valence-electron chi connectivity index (χ3n) is 2.51. The molecule has 0 bridgehead atoms. The highest BCUT2D eigenvalue weighted by Crippen LogP contribution is 2.21. The zero-order valence-corrected chi connectivity index (χ0v) is 10.0. The molecule has 0 aliphatic carbocycles. The quantitative estimate of drug-likeness (QED) is 0.862. The molecule has 1 amide bonds. The van der Waals surface area contributed by atoms with Gasteiger partial charge in [0.2, 0.25) is 5.91 Å². The zero-order chi connectivity index (χ0) is 11.5. The Morgan fingerprint density at radius 2 is 2.31 bits per heavy atom. The first kappa shape index (κ1) is 11.1. The fourth-order valence-electron chi connectivity index (χ4n) is 1.43. The van der Waals surface area contributed by atoms with Gasteiger partial charge in [-0.15, -0.1) is 0 Å². The minimum absolute atomic E-state index is 0.0233. The summed E-state index contributed by atoms with van der Waals surface area (Å²) in [7, 11) is 0. The van der Waals surface area contributed by atoms with Gasteiger partial charge >= 0.3 is 0 Å². The van der Waals surface area contributed by atoms with E-state index in [9.17, 15) is 4.79 Å². The average molecular weight is 280 g/mol. The second-order valence-electron chi connectivity index (χ2n) is 3.65. The molecule has 2 rings (SSSR count). The van der Waals surface area contributed by atoms with Crippen molar-refractivity contribution in [3.05, 3.63) is 28.2 Å². The van der Waals surface area contributed by atoms with E-state index in [1.54, 1.807) is 18.2 Å². The lowest BCUT2D eigenvalue weighted by Crippen LogP contribution is -2.48. The van der Waals surface area contributed by atoms with E-state index in [0.29, 0.717) is 24.3 Å². The van der Waals surface area contributed by atoms with Crippen LogP contribution in [0.15, 0.2) is 22.7 Å². The van der Waals surface area contributed by atoms with Gasteiger partial charge < -0.3 is 10.6 Å². The van der Waals surface area contributed by atoms with E-state index < -0.39 is 0 Å². The third kappa shape index (κ3) is 2.23. The van der Waals surface area contributed by atoms with Gasteiger partial charge in [-0.2, -0.15) is 5.26 Å². The normalized spacial score (nSPS) is 15.0. The number of nitrogens with zero attached hydrogens (tertiary/aromatic N) is 1. The standard InChI is InChI=1S/C11H10BrN3O/c12-9-1-2-10(7(3-9)4-13)15-11(16)8-5-14-6-8/h1-3,8,14H,5-6H2,(H,15,16). The zero-order valence-electron chi connectivity index (χ0n) is 8.46. The molecular weight excluding hydrogens is 270 g/mol. The van der Waals surface area contributed by atoms with E-state index >= 15 is 0 Å². The summed E-state index contributed by atoms with van der Waals surface area (Å²) in [6.07, 6.45) is 0. The van der Waals surface area contributed by atoms with Crippen LogP contribution in [0.1, 0.15) is 5.56 Å². The van der Waals surface area contributed by atoms with Gasteiger partial charge in [0.05, 0.1) is 17.2 Å². The minimum atomic E-state index is -0.0300. The molecule has 0 saturated carbocycles. The third-order valence-corrected chi connectivity index (χ3v) is 3.01. The van der Waals surface area contributed by atoms with Gasteiger partial charge in [0.25, 0.3) is 0 Å². The molecule has 1 saturated heterocycles. The maximum absolute atomic E-state index is 11.7. The van der Waals surface area contributed by atoms with E-state index in [-0.39, 0.29) is 11.8 Å². The number of rotatable bonds is 2. The summed E-state index contributed by atoms with van der Waals surface area (Å²) in [5, 5.41) is 14.7. The van der Waals surface area contributed by atoms with E-state index in [0.717, 1.165) is 4.47 Å². The Bertz CT molecular complexity index is 463. The Labute approximate surface area is 102 Å². The Hall–Kier alpha value is -1.38. The highest BCUT2D eigenvalue weighted by atomic mass is 79.9. The van der Waals surface area contributed by atoms with Gasteiger partial charge in [-0.05, 0) is 18.2 Å². The van der Waals surface area contributed by atoms with Crippen molar-refractivity contribution in [2.24, 2.45) is 5.92 Å². The molecule has 1 heterocycles. The summed E-state index contributed by atoms with van der Waals surface area (Å²) in [6, 6.07) is 7.28. The molecule has 1 aromatic carbocycles. The number of nitrogens with one attached hydrogen (secondary N) is 2. The van der Waals surface area contributed by atoms with Crippen LogP contribution in [-0.4, -0.2) is 19.0 Å². The number of benzene rings is 1. The lowest BCUT2D eigenvalue weighted by atomic mass is 10.0. The number of hydrogen-bond acceptors (Lipinski definition) is 3. The van der Waals surface area contributed by atoms with Gasteiger partial charge in [0.15, 0.2) is 0 Å². The Morgan fingerprint density at radius 3 is 2.88 bits per heavy atom. The van der Waals surface area contributed by atoms with Crippen molar-refractivity contribution in [1.82, 2.24) is 5.32 Å². The second kappa shape index (κ2) is 4.64. The molecule has 16 heavy (non-hydrogen) atoms. The molecule has 0 radical (unpaired) electrons. The maximum atomic E-state index is 11.7. The van der Waals surface area contributed by atoms with Crippen molar-refractivity contribution < 1.29 is 4.79 Å². The van der Waals surface area contributed by atoms with Crippen molar-refractivity contribution in [1.29, 1.82) is 5.26 Å². The number of hydrogen-bond donors (Lipinski definition) is 2.